The highest BCUT2D eigenvalue weighted by molar-refractivity contribution is 7.90. The maximum Gasteiger partial charge on any atom is 0.335 e. The van der Waals surface area contributed by atoms with Crippen molar-refractivity contribution in [3.05, 3.63) is 52.6 Å². The van der Waals surface area contributed by atoms with Gasteiger partial charge < -0.3 is 23.8 Å². The number of nitrogens with one attached hydrogen (secondary N) is 2. The molecule has 0 spiro atoms. The number of anilines is 2. The smallest absolute Gasteiger partial charge is 0.335 e. The van der Waals surface area contributed by atoms with Crippen molar-refractivity contribution < 1.29 is 41.3 Å². The van der Waals surface area contributed by atoms with E-state index in [-0.39, 0.29) is 17.7 Å². The molecule has 0 fully saturated rings. The first-order valence-electron chi connectivity index (χ1n) is 16.2. The number of halogens is 2. The molecule has 0 aliphatic carbocycles. The lowest BCUT2D eigenvalue weighted by Crippen LogP contribution is -2.36. The Morgan fingerprint density at radius 1 is 1.20 bits per heavy atom. The highest BCUT2D eigenvalue weighted by Crippen LogP contribution is 2.32. The Labute approximate surface area is 320 Å². The van der Waals surface area contributed by atoms with E-state index in [4.69, 9.17) is 32.2 Å². The molecule has 0 aromatic carbocycles. The van der Waals surface area contributed by atoms with E-state index < -0.39 is 51.5 Å². The first kappa shape index (κ1) is 41.7. The lowest BCUT2D eigenvalue weighted by atomic mass is 10.1. The minimum absolute atomic E-state index is 0.0483. The van der Waals surface area contributed by atoms with E-state index in [1.165, 1.54) is 45.9 Å². The zero-order valence-corrected chi connectivity index (χ0v) is 31.9. The van der Waals surface area contributed by atoms with Crippen LogP contribution in [0.2, 0.25) is 5.02 Å². The number of amides is 2. The fourth-order valence-corrected chi connectivity index (χ4v) is 6.62. The molecule has 4 aromatic heterocycles. The Morgan fingerprint density at radius 2 is 1.91 bits per heavy atom. The normalized spacial score (nSPS) is 13.0. The van der Waals surface area contributed by atoms with E-state index in [2.05, 4.69) is 47.2 Å². The molecule has 19 nitrogen and oxygen atoms in total. The first-order valence-corrected chi connectivity index (χ1v) is 18.1. The van der Waals surface area contributed by atoms with Gasteiger partial charge in [0.25, 0.3) is 10.0 Å². The molecule has 5 heterocycles. The molecule has 5 rings (SSSR count). The van der Waals surface area contributed by atoms with Gasteiger partial charge in [-0.2, -0.15) is 30.1 Å². The number of alkyl halides is 1. The minimum Gasteiger partial charge on any atom is -0.481 e. The summed E-state index contributed by atoms with van der Waals surface area (Å²) in [5.41, 5.74) is 1.05. The molecule has 2 N–H and O–H groups in total. The van der Waals surface area contributed by atoms with Crippen LogP contribution in [0.4, 0.5) is 21.0 Å². The van der Waals surface area contributed by atoms with Crippen molar-refractivity contribution >= 4 is 45.4 Å². The second kappa shape index (κ2) is 18.8. The summed E-state index contributed by atoms with van der Waals surface area (Å²) in [5.74, 6) is 2.58. The van der Waals surface area contributed by atoms with Crippen LogP contribution in [0.5, 0.6) is 11.8 Å². The van der Waals surface area contributed by atoms with Crippen LogP contribution in [-0.4, -0.2) is 103 Å². The second-order valence-electron chi connectivity index (χ2n) is 11.5. The average Bonchev–Trinajstić information content (AvgIpc) is 3.74. The average molecular weight is 802 g/mol. The molecule has 4 aromatic rings. The van der Waals surface area contributed by atoms with Gasteiger partial charge in [-0.3, -0.25) is 15.0 Å². The number of aromatic nitrogens is 7. The molecule has 0 saturated carbocycles. The number of carbonyl (C=O) groups excluding carboxylic acids is 2. The number of hydrogen-bond acceptors (Lipinski definition) is 15. The van der Waals surface area contributed by atoms with Crippen molar-refractivity contribution in [1.82, 2.24) is 39.2 Å². The predicted octanol–water partition coefficient (Wildman–Crippen LogP) is 2.99. The molecule has 292 valence electrons. The quantitative estimate of drug-likeness (QED) is 0.146. The zero-order chi connectivity index (χ0) is 40.3. The maximum atomic E-state index is 14.2. The van der Waals surface area contributed by atoms with E-state index in [1.807, 2.05) is 11.7 Å². The molecule has 1 aliphatic rings. The van der Waals surface area contributed by atoms with Gasteiger partial charge >= 0.3 is 12.0 Å². The standard InChI is InChI=1S/C18H22FN5O8S.C15H15ClN6/c1-10(19)16(32-14(25)9-29-2)15-11(6-5-7-20-15)33(27,28)24-18(26)23-17-21-12(30-3)8-13(22-17)31-4;1-3-7-20(2)15-11(9-17)10-18-22(15)14-13(16)12-6-4-5-8-21(12)19-14/h5-8,10,16H,9H2,1-4H3,(H2,21,22,23,24,26);1,10H,4-8H2,2H3. The monoisotopic (exact) mass is 801 g/mol. The molecule has 1 aliphatic heterocycles. The van der Waals surface area contributed by atoms with E-state index in [0.717, 1.165) is 44.5 Å². The van der Waals surface area contributed by atoms with Crippen LogP contribution in [0.15, 0.2) is 35.5 Å². The van der Waals surface area contributed by atoms with Gasteiger partial charge in [0, 0.05) is 26.9 Å². The topological polar surface area (TPSA) is 231 Å². The van der Waals surface area contributed by atoms with Crippen LogP contribution in [0.1, 0.15) is 42.8 Å². The van der Waals surface area contributed by atoms with Crippen LogP contribution in [-0.2, 0) is 37.3 Å². The molecular formula is C33H37ClFN11O8S. The van der Waals surface area contributed by atoms with E-state index >= 15 is 0 Å². The van der Waals surface area contributed by atoms with Gasteiger partial charge in [0.2, 0.25) is 17.7 Å². The summed E-state index contributed by atoms with van der Waals surface area (Å²) in [6.07, 6.45) is 7.68. The van der Waals surface area contributed by atoms with Crippen molar-refractivity contribution in [3.63, 3.8) is 0 Å². The number of hydrogen-bond donors (Lipinski definition) is 2. The maximum absolute atomic E-state index is 14.2. The third-order valence-electron chi connectivity index (χ3n) is 7.61. The summed E-state index contributed by atoms with van der Waals surface area (Å²) in [6, 6.07) is 4.56. The molecule has 0 bridgehead atoms. The first-order chi connectivity index (χ1) is 26.3. The Balaban J connectivity index is 0.000000264. The van der Waals surface area contributed by atoms with Crippen LogP contribution < -0.4 is 24.4 Å². The number of urea groups is 1. The SMILES string of the molecule is C#CCN(C)c1c(C#N)cnn1-c1nn2c(c1Cl)CCCC2.COCC(=O)OC(c1ncccc1S(=O)(=O)NC(=O)Nc1nc(OC)cc(OC)n1)C(C)F. The van der Waals surface area contributed by atoms with Crippen molar-refractivity contribution in [2.75, 3.05) is 51.7 Å². The number of terminal acetylenes is 1. The molecule has 55 heavy (non-hydrogen) atoms. The van der Waals surface area contributed by atoms with Gasteiger partial charge in [0.05, 0.1) is 38.7 Å². The summed E-state index contributed by atoms with van der Waals surface area (Å²) < 4.78 is 64.7. The molecule has 0 saturated heterocycles. The van der Waals surface area contributed by atoms with Gasteiger partial charge in [0.1, 0.15) is 40.0 Å². The number of methoxy groups -OCH3 is 3. The Morgan fingerprint density at radius 3 is 2.51 bits per heavy atom. The third kappa shape index (κ3) is 10.1. The van der Waals surface area contributed by atoms with Crippen molar-refractivity contribution in [1.29, 1.82) is 5.26 Å². The summed E-state index contributed by atoms with van der Waals surface area (Å²) in [6.45, 7) is 1.80. The Kier molecular flexibility index (Phi) is 14.3. The van der Waals surface area contributed by atoms with Crippen molar-refractivity contribution in [2.24, 2.45) is 0 Å². The number of ether oxygens (including phenoxy) is 4. The number of esters is 1. The number of rotatable bonds is 13. The van der Waals surface area contributed by atoms with Crippen LogP contribution >= 0.6 is 11.6 Å². The number of fused-ring (bicyclic) bond motifs is 1. The molecule has 0 radical (unpaired) electrons. The highest BCUT2D eigenvalue weighted by Gasteiger charge is 2.33. The molecule has 2 amide bonds. The summed E-state index contributed by atoms with van der Waals surface area (Å²) in [5, 5.41) is 20.9. The number of carbonyl (C=O) groups is 2. The van der Waals surface area contributed by atoms with Crippen molar-refractivity contribution in [3.8, 4) is 36.0 Å². The van der Waals surface area contributed by atoms with Gasteiger partial charge in [-0.1, -0.05) is 17.5 Å². The van der Waals surface area contributed by atoms with Gasteiger partial charge in [-0.05, 0) is 38.3 Å². The summed E-state index contributed by atoms with van der Waals surface area (Å²) in [4.78, 5) is 36.9. The fraction of sp³-hybridized carbons (Fsp3) is 0.394. The van der Waals surface area contributed by atoms with Gasteiger partial charge in [0.15, 0.2) is 17.7 Å². The Bertz CT molecular complexity index is 2180. The summed E-state index contributed by atoms with van der Waals surface area (Å²) in [7, 11) is 1.09. The number of sulfonamides is 1. The molecule has 2 unspecified atom stereocenters. The largest absolute Gasteiger partial charge is 0.481 e. The molecule has 22 heteroatoms. The van der Waals surface area contributed by atoms with Crippen molar-refractivity contribution in [2.45, 2.75) is 49.9 Å². The Hall–Kier alpha value is -6.03. The summed E-state index contributed by atoms with van der Waals surface area (Å²) >= 11 is 6.50. The number of nitrogens with zero attached hydrogens (tertiary/aromatic N) is 9. The van der Waals surface area contributed by atoms with E-state index in [9.17, 15) is 27.7 Å². The zero-order valence-electron chi connectivity index (χ0n) is 30.3. The van der Waals surface area contributed by atoms with Crippen LogP contribution in [0.25, 0.3) is 5.82 Å². The van der Waals surface area contributed by atoms with E-state index in [0.29, 0.717) is 28.8 Å². The van der Waals surface area contributed by atoms with E-state index in [1.54, 1.807) is 14.3 Å². The molecular weight excluding hydrogens is 765 g/mol. The van der Waals surface area contributed by atoms with Crippen LogP contribution in [0, 0.1) is 23.7 Å². The highest BCUT2D eigenvalue weighted by atomic mass is 35.5. The van der Waals surface area contributed by atoms with Crippen LogP contribution in [0.3, 0.4) is 0 Å². The third-order valence-corrected chi connectivity index (χ3v) is 9.38. The number of pyridine rings is 1. The predicted molar refractivity (Wildman–Crippen MR) is 194 cm³/mol. The second-order valence-corrected chi connectivity index (χ2v) is 13.5. The minimum atomic E-state index is -4.60. The van der Waals surface area contributed by atoms with Gasteiger partial charge in [-0.25, -0.2) is 27.1 Å². The lowest BCUT2D eigenvalue weighted by Gasteiger charge is -2.21. The lowest BCUT2D eigenvalue weighted by molar-refractivity contribution is -0.157. The van der Waals surface area contributed by atoms with Gasteiger partial charge in [-0.15, -0.1) is 6.42 Å². The number of aryl methyl sites for hydroxylation is 1. The molecule has 2 atom stereocenters. The fourth-order valence-electron chi connectivity index (χ4n) is 5.21. The number of nitriles is 1.